The van der Waals surface area contributed by atoms with Gasteiger partial charge in [-0.2, -0.15) is 0 Å². The molecule has 0 saturated carbocycles. The van der Waals surface area contributed by atoms with Gasteiger partial charge >= 0.3 is 0 Å². The second-order valence-electron chi connectivity index (χ2n) is 8.73. The van der Waals surface area contributed by atoms with Gasteiger partial charge in [0.25, 0.3) is 5.91 Å². The number of carbonyl (C=O) groups is 1. The van der Waals surface area contributed by atoms with E-state index < -0.39 is 0 Å². The van der Waals surface area contributed by atoms with Crippen molar-refractivity contribution in [2.75, 3.05) is 25.1 Å². The summed E-state index contributed by atoms with van der Waals surface area (Å²) >= 11 is 0. The zero-order valence-corrected chi connectivity index (χ0v) is 21.4. The lowest BCUT2D eigenvalue weighted by Gasteiger charge is -2.14. The number of benzene rings is 3. The third-order valence-corrected chi connectivity index (χ3v) is 5.76. The van der Waals surface area contributed by atoms with Crippen LogP contribution in [0, 0.1) is 13.8 Å². The number of hydrogen-bond donors (Lipinski definition) is 2. The molecule has 0 fully saturated rings. The van der Waals surface area contributed by atoms with E-state index in [2.05, 4.69) is 42.7 Å². The Labute approximate surface area is 212 Å². The van der Waals surface area contributed by atoms with Gasteiger partial charge in [-0.15, -0.1) is 0 Å². The van der Waals surface area contributed by atoms with Crippen molar-refractivity contribution in [2.45, 2.75) is 34.1 Å². The van der Waals surface area contributed by atoms with Crippen molar-refractivity contribution in [2.24, 2.45) is 0 Å². The number of pyridine rings is 1. The number of aromatic nitrogens is 1. The van der Waals surface area contributed by atoms with E-state index in [-0.39, 0.29) is 5.91 Å². The van der Waals surface area contributed by atoms with Crippen LogP contribution >= 0.6 is 0 Å². The molecule has 0 saturated heterocycles. The first-order valence-corrected chi connectivity index (χ1v) is 12.4. The molecule has 0 bridgehead atoms. The Morgan fingerprint density at radius 3 is 2.33 bits per heavy atom. The predicted molar refractivity (Wildman–Crippen MR) is 146 cm³/mol. The first-order valence-electron chi connectivity index (χ1n) is 12.4. The number of rotatable bonds is 10. The molecule has 0 radical (unpaired) electrons. The van der Waals surface area contributed by atoms with Gasteiger partial charge in [-0.05, 0) is 87.2 Å². The number of anilines is 2. The van der Waals surface area contributed by atoms with Gasteiger partial charge in [0.1, 0.15) is 5.82 Å². The Bertz CT molecular complexity index is 1350. The third kappa shape index (κ3) is 6.13. The van der Waals surface area contributed by atoms with Crippen molar-refractivity contribution < 1.29 is 14.3 Å². The summed E-state index contributed by atoms with van der Waals surface area (Å²) in [6.45, 7) is 9.66. The normalized spacial score (nSPS) is 10.8. The molecule has 0 aliphatic rings. The number of ether oxygens (including phenoxy) is 2. The molecule has 0 aliphatic carbocycles. The first kappa shape index (κ1) is 25.0. The summed E-state index contributed by atoms with van der Waals surface area (Å²) in [6.07, 6.45) is 0.676. The molecule has 1 heterocycles. The summed E-state index contributed by atoms with van der Waals surface area (Å²) < 4.78 is 11.4. The molecule has 6 heteroatoms. The third-order valence-electron chi connectivity index (χ3n) is 5.76. The fourth-order valence-corrected chi connectivity index (χ4v) is 4.29. The molecule has 0 unspecified atom stereocenters. The molecule has 186 valence electrons. The Hall–Kier alpha value is -4.06. The monoisotopic (exact) mass is 483 g/mol. The van der Waals surface area contributed by atoms with Crippen molar-refractivity contribution in [1.29, 1.82) is 0 Å². The highest BCUT2D eigenvalue weighted by Crippen LogP contribution is 2.29. The zero-order valence-electron chi connectivity index (χ0n) is 21.4. The average Bonchev–Trinajstić information content (AvgIpc) is 2.84. The highest BCUT2D eigenvalue weighted by molar-refractivity contribution is 6.07. The second-order valence-corrected chi connectivity index (χ2v) is 8.73. The lowest BCUT2D eigenvalue weighted by molar-refractivity contribution is 0.0955. The second kappa shape index (κ2) is 11.6. The van der Waals surface area contributed by atoms with Crippen LogP contribution in [0.15, 0.2) is 66.7 Å². The van der Waals surface area contributed by atoms with Gasteiger partial charge in [-0.1, -0.05) is 30.3 Å². The van der Waals surface area contributed by atoms with Crippen molar-refractivity contribution in [3.8, 4) is 11.5 Å². The van der Waals surface area contributed by atoms with E-state index in [9.17, 15) is 4.79 Å². The van der Waals surface area contributed by atoms with Gasteiger partial charge in [0.15, 0.2) is 11.5 Å². The topological polar surface area (TPSA) is 72.5 Å². The summed E-state index contributed by atoms with van der Waals surface area (Å²) in [7, 11) is 0. The molecule has 2 N–H and O–H groups in total. The molecule has 6 nitrogen and oxygen atoms in total. The number of amides is 1. The lowest BCUT2D eigenvalue weighted by Crippen LogP contribution is -2.26. The number of fused-ring (bicyclic) bond motifs is 1. The number of hydrogen-bond acceptors (Lipinski definition) is 5. The van der Waals surface area contributed by atoms with E-state index >= 15 is 0 Å². The summed E-state index contributed by atoms with van der Waals surface area (Å²) in [5, 5.41) is 7.27. The van der Waals surface area contributed by atoms with Crippen LogP contribution in [0.2, 0.25) is 0 Å². The Morgan fingerprint density at radius 2 is 1.58 bits per heavy atom. The van der Waals surface area contributed by atoms with Crippen LogP contribution in [-0.4, -0.2) is 30.6 Å². The minimum Gasteiger partial charge on any atom is -0.490 e. The largest absolute Gasteiger partial charge is 0.490 e. The predicted octanol–water partition coefficient (Wildman–Crippen LogP) is 6.37. The highest BCUT2D eigenvalue weighted by atomic mass is 16.5. The fraction of sp³-hybridized carbons (Fsp3) is 0.267. The SMILES string of the molecule is CCOc1ccc(CCNC(=O)c2cc(Nc3cc(C)cc(C)c3)nc3ccccc23)cc1OCC. The van der Waals surface area contributed by atoms with E-state index in [0.717, 1.165) is 44.8 Å². The molecule has 4 aromatic rings. The fourth-order valence-electron chi connectivity index (χ4n) is 4.29. The summed E-state index contributed by atoms with van der Waals surface area (Å²) in [5.41, 5.74) is 5.70. The van der Waals surface area contributed by atoms with Crippen molar-refractivity contribution in [3.63, 3.8) is 0 Å². The van der Waals surface area contributed by atoms with E-state index in [1.807, 2.05) is 62.4 Å². The molecule has 0 atom stereocenters. The number of carbonyl (C=O) groups excluding carboxylic acids is 1. The van der Waals surface area contributed by atoms with Gasteiger partial charge < -0.3 is 20.1 Å². The maximum atomic E-state index is 13.3. The molecule has 1 aromatic heterocycles. The minimum absolute atomic E-state index is 0.131. The maximum absolute atomic E-state index is 13.3. The summed E-state index contributed by atoms with van der Waals surface area (Å²) in [5.74, 6) is 1.97. The number of aryl methyl sites for hydroxylation is 2. The van der Waals surface area contributed by atoms with Gasteiger partial charge in [-0.3, -0.25) is 4.79 Å². The van der Waals surface area contributed by atoms with Gasteiger partial charge in [0.05, 0.1) is 24.3 Å². The quantitative estimate of drug-likeness (QED) is 0.274. The number of nitrogens with one attached hydrogen (secondary N) is 2. The minimum atomic E-state index is -0.131. The van der Waals surface area contributed by atoms with Crippen molar-refractivity contribution in [3.05, 3.63) is 89.0 Å². The summed E-state index contributed by atoms with van der Waals surface area (Å²) in [4.78, 5) is 18.0. The Kier molecular flexibility index (Phi) is 8.06. The average molecular weight is 484 g/mol. The van der Waals surface area contributed by atoms with Crippen LogP contribution < -0.4 is 20.1 Å². The van der Waals surface area contributed by atoms with E-state index in [4.69, 9.17) is 14.5 Å². The van der Waals surface area contributed by atoms with Crippen LogP contribution in [0.1, 0.15) is 40.9 Å². The van der Waals surface area contributed by atoms with Crippen molar-refractivity contribution >= 4 is 28.3 Å². The smallest absolute Gasteiger partial charge is 0.252 e. The molecule has 4 rings (SSSR count). The molecule has 0 spiro atoms. The molecule has 36 heavy (non-hydrogen) atoms. The summed E-state index contributed by atoms with van der Waals surface area (Å²) in [6, 6.07) is 21.7. The molecular weight excluding hydrogens is 450 g/mol. The lowest BCUT2D eigenvalue weighted by atomic mass is 10.1. The maximum Gasteiger partial charge on any atom is 0.252 e. The number of nitrogens with zero attached hydrogens (tertiary/aromatic N) is 1. The molecule has 0 aliphatic heterocycles. The van der Waals surface area contributed by atoms with Crippen LogP contribution in [0.5, 0.6) is 11.5 Å². The van der Waals surface area contributed by atoms with Crippen LogP contribution in [0.3, 0.4) is 0 Å². The van der Waals surface area contributed by atoms with Gasteiger partial charge in [0, 0.05) is 17.6 Å². The Balaban J connectivity index is 1.51. The zero-order chi connectivity index (χ0) is 25.5. The highest BCUT2D eigenvalue weighted by Gasteiger charge is 2.14. The number of para-hydroxylation sites is 1. The van der Waals surface area contributed by atoms with Gasteiger partial charge in [0.2, 0.25) is 0 Å². The standard InChI is InChI=1S/C30H33N3O3/c1-5-35-27-12-11-22(18-28(27)36-6-2)13-14-31-30(34)25-19-29(33-26-10-8-7-9-24(25)26)32-23-16-20(3)15-21(4)17-23/h7-12,15-19H,5-6,13-14H2,1-4H3,(H,31,34)(H,32,33). The van der Waals surface area contributed by atoms with Crippen LogP contribution in [0.4, 0.5) is 11.5 Å². The van der Waals surface area contributed by atoms with Crippen molar-refractivity contribution in [1.82, 2.24) is 10.3 Å². The van der Waals surface area contributed by atoms with E-state index in [1.54, 1.807) is 0 Å². The van der Waals surface area contributed by atoms with Crippen LogP contribution in [-0.2, 0) is 6.42 Å². The van der Waals surface area contributed by atoms with Crippen LogP contribution in [0.25, 0.3) is 10.9 Å². The Morgan fingerprint density at radius 1 is 0.861 bits per heavy atom. The first-order chi connectivity index (χ1) is 17.5. The molecule has 3 aromatic carbocycles. The van der Waals surface area contributed by atoms with Gasteiger partial charge in [-0.25, -0.2) is 4.98 Å². The molecular formula is C30H33N3O3. The van der Waals surface area contributed by atoms with E-state index in [1.165, 1.54) is 0 Å². The molecule has 1 amide bonds. The van der Waals surface area contributed by atoms with E-state index in [0.29, 0.717) is 37.6 Å².